The van der Waals surface area contributed by atoms with Gasteiger partial charge in [0.25, 0.3) is 0 Å². The Bertz CT molecular complexity index is 232. The fraction of sp³-hybridized carbons (Fsp3) is 0.417. The van der Waals surface area contributed by atoms with Crippen LogP contribution >= 0.6 is 0 Å². The van der Waals surface area contributed by atoms with Crippen LogP contribution in [0.3, 0.4) is 0 Å². The van der Waals surface area contributed by atoms with Gasteiger partial charge in [0.15, 0.2) is 0 Å². The first kappa shape index (κ1) is 11.9. The van der Waals surface area contributed by atoms with E-state index < -0.39 is 0 Å². The molecular weight excluding hydrogens is 158 g/mol. The maximum Gasteiger partial charge on any atom is 0.0361 e. The monoisotopic (exact) mass is 177 g/mol. The Balaban J connectivity index is 4.64. The number of hydrogen-bond donors (Lipinski definition) is 0. The van der Waals surface area contributed by atoms with Crippen LogP contribution in [0.4, 0.5) is 0 Å². The van der Waals surface area contributed by atoms with Crippen molar-refractivity contribution in [2.24, 2.45) is 4.99 Å². The van der Waals surface area contributed by atoms with Crippen LogP contribution in [-0.2, 0) is 0 Å². The van der Waals surface area contributed by atoms with Crippen LogP contribution in [0.5, 0.6) is 0 Å². The quantitative estimate of drug-likeness (QED) is 0.450. The van der Waals surface area contributed by atoms with Gasteiger partial charge in [0.1, 0.15) is 0 Å². The van der Waals surface area contributed by atoms with E-state index >= 15 is 0 Å². The Morgan fingerprint density at radius 3 is 2.54 bits per heavy atom. The van der Waals surface area contributed by atoms with Crippen LogP contribution in [-0.4, -0.2) is 12.8 Å². The van der Waals surface area contributed by atoms with Crippen LogP contribution in [0.25, 0.3) is 0 Å². The van der Waals surface area contributed by atoms with Crippen molar-refractivity contribution in [3.05, 3.63) is 36.0 Å². The Hall–Kier alpha value is -1.11. The van der Waals surface area contributed by atoms with E-state index in [-0.39, 0.29) is 0 Å². The summed E-state index contributed by atoms with van der Waals surface area (Å²) in [4.78, 5) is 4.23. The lowest BCUT2D eigenvalue weighted by molar-refractivity contribution is 1.08. The number of allylic oxidation sites excluding steroid dienone is 5. The van der Waals surface area contributed by atoms with Gasteiger partial charge in [-0.2, -0.15) is 0 Å². The van der Waals surface area contributed by atoms with Crippen LogP contribution in [0.2, 0.25) is 0 Å². The minimum atomic E-state index is 0.836. The highest BCUT2D eigenvalue weighted by atomic mass is 14.7. The SMILES string of the molecule is C=C/C=C\C(C=NCC)=C(\C)CC. The summed E-state index contributed by atoms with van der Waals surface area (Å²) < 4.78 is 0. The van der Waals surface area contributed by atoms with Gasteiger partial charge in [-0.3, -0.25) is 4.99 Å². The van der Waals surface area contributed by atoms with Crippen LogP contribution < -0.4 is 0 Å². The molecule has 0 atom stereocenters. The standard InChI is InChI=1S/C12H19N/c1-5-8-9-12(10-13-7-3)11(4)6-2/h5,8-10H,1,6-7H2,2-4H3/b9-8-,12-11+,13-10?. The molecule has 0 spiro atoms. The van der Waals surface area contributed by atoms with Gasteiger partial charge in [-0.25, -0.2) is 0 Å². The average Bonchev–Trinajstić information content (AvgIpc) is 2.17. The van der Waals surface area contributed by atoms with Crippen molar-refractivity contribution in [2.45, 2.75) is 27.2 Å². The molecule has 0 rings (SSSR count). The van der Waals surface area contributed by atoms with E-state index in [4.69, 9.17) is 0 Å². The largest absolute Gasteiger partial charge is 0.293 e. The molecule has 1 heteroatoms. The first-order valence-electron chi connectivity index (χ1n) is 4.74. The lowest BCUT2D eigenvalue weighted by atomic mass is 10.1. The summed E-state index contributed by atoms with van der Waals surface area (Å²) in [5.74, 6) is 0. The molecule has 72 valence electrons. The van der Waals surface area contributed by atoms with Crippen molar-refractivity contribution in [3.63, 3.8) is 0 Å². The van der Waals surface area contributed by atoms with Gasteiger partial charge in [0, 0.05) is 12.8 Å². The van der Waals surface area contributed by atoms with E-state index in [0.717, 1.165) is 13.0 Å². The zero-order chi connectivity index (χ0) is 10.1. The zero-order valence-electron chi connectivity index (χ0n) is 8.88. The van der Waals surface area contributed by atoms with Gasteiger partial charge in [-0.15, -0.1) is 0 Å². The summed E-state index contributed by atoms with van der Waals surface area (Å²) in [6.07, 6.45) is 8.76. The molecule has 0 aliphatic heterocycles. The van der Waals surface area contributed by atoms with Gasteiger partial charge in [-0.05, 0) is 25.8 Å². The maximum absolute atomic E-state index is 4.23. The number of aliphatic imine (C=N–C) groups is 1. The molecule has 0 aromatic carbocycles. The molecule has 0 aliphatic rings. The molecular formula is C12H19N. The molecule has 0 N–H and O–H groups in total. The maximum atomic E-state index is 4.23. The Kier molecular flexibility index (Phi) is 6.89. The Labute approximate surface area is 81.6 Å². The first-order valence-corrected chi connectivity index (χ1v) is 4.74. The minimum absolute atomic E-state index is 0.836. The van der Waals surface area contributed by atoms with E-state index in [1.54, 1.807) is 6.08 Å². The summed E-state index contributed by atoms with van der Waals surface area (Å²) >= 11 is 0. The fourth-order valence-corrected chi connectivity index (χ4v) is 0.861. The molecule has 0 saturated heterocycles. The molecule has 0 aromatic heterocycles. The molecule has 0 heterocycles. The van der Waals surface area contributed by atoms with Gasteiger partial charge < -0.3 is 0 Å². The van der Waals surface area contributed by atoms with E-state index in [9.17, 15) is 0 Å². The summed E-state index contributed by atoms with van der Waals surface area (Å²) in [5.41, 5.74) is 2.56. The van der Waals surface area contributed by atoms with Crippen molar-refractivity contribution < 1.29 is 0 Å². The molecule has 0 radical (unpaired) electrons. The lowest BCUT2D eigenvalue weighted by Crippen LogP contribution is -1.87. The van der Waals surface area contributed by atoms with Gasteiger partial charge in [-0.1, -0.05) is 37.3 Å². The number of hydrogen-bond acceptors (Lipinski definition) is 1. The van der Waals surface area contributed by atoms with Crippen LogP contribution in [0.1, 0.15) is 27.2 Å². The predicted molar refractivity (Wildman–Crippen MR) is 61.4 cm³/mol. The molecule has 0 amide bonds. The average molecular weight is 177 g/mol. The van der Waals surface area contributed by atoms with Crippen LogP contribution in [0, 0.1) is 0 Å². The Morgan fingerprint density at radius 1 is 1.38 bits per heavy atom. The summed E-state index contributed by atoms with van der Waals surface area (Å²) in [7, 11) is 0. The van der Waals surface area contributed by atoms with Crippen molar-refractivity contribution in [1.29, 1.82) is 0 Å². The highest BCUT2D eigenvalue weighted by Crippen LogP contribution is 2.07. The third kappa shape index (κ3) is 5.18. The smallest absolute Gasteiger partial charge is 0.0361 e. The number of nitrogens with zero attached hydrogens (tertiary/aromatic N) is 1. The van der Waals surface area contributed by atoms with Gasteiger partial charge in [0.05, 0.1) is 0 Å². The molecule has 0 fully saturated rings. The summed E-state index contributed by atoms with van der Waals surface area (Å²) in [6.45, 7) is 10.8. The van der Waals surface area contributed by atoms with Gasteiger partial charge in [0.2, 0.25) is 0 Å². The van der Waals surface area contributed by atoms with Crippen molar-refractivity contribution >= 4 is 6.21 Å². The van der Waals surface area contributed by atoms with Crippen molar-refractivity contribution in [2.75, 3.05) is 6.54 Å². The predicted octanol–water partition coefficient (Wildman–Crippen LogP) is 3.55. The highest BCUT2D eigenvalue weighted by molar-refractivity contribution is 5.83. The second-order valence-corrected chi connectivity index (χ2v) is 2.81. The minimum Gasteiger partial charge on any atom is -0.293 e. The van der Waals surface area contributed by atoms with E-state index in [1.165, 1.54) is 11.1 Å². The third-order valence-electron chi connectivity index (χ3n) is 1.85. The van der Waals surface area contributed by atoms with Crippen LogP contribution in [0.15, 0.2) is 40.9 Å². The highest BCUT2D eigenvalue weighted by Gasteiger charge is 1.92. The molecule has 0 aliphatic carbocycles. The normalized spacial score (nSPS) is 13.8. The van der Waals surface area contributed by atoms with Crippen molar-refractivity contribution in [1.82, 2.24) is 0 Å². The van der Waals surface area contributed by atoms with Gasteiger partial charge >= 0.3 is 0 Å². The Morgan fingerprint density at radius 2 is 2.08 bits per heavy atom. The first-order chi connectivity index (χ1) is 6.26. The molecule has 0 unspecified atom stereocenters. The summed E-state index contributed by atoms with van der Waals surface area (Å²) in [5, 5.41) is 0. The summed E-state index contributed by atoms with van der Waals surface area (Å²) in [6, 6.07) is 0. The molecule has 0 bridgehead atoms. The number of rotatable bonds is 5. The second-order valence-electron chi connectivity index (χ2n) is 2.81. The lowest BCUT2D eigenvalue weighted by Gasteiger charge is -1.99. The molecule has 13 heavy (non-hydrogen) atoms. The molecule has 0 aromatic rings. The third-order valence-corrected chi connectivity index (χ3v) is 1.85. The van der Waals surface area contributed by atoms with E-state index in [2.05, 4.69) is 25.4 Å². The second kappa shape index (κ2) is 7.53. The van der Waals surface area contributed by atoms with E-state index in [0.29, 0.717) is 0 Å². The van der Waals surface area contributed by atoms with E-state index in [1.807, 2.05) is 25.3 Å². The topological polar surface area (TPSA) is 12.4 Å². The zero-order valence-corrected chi connectivity index (χ0v) is 8.88. The molecule has 1 nitrogen and oxygen atoms in total. The fourth-order valence-electron chi connectivity index (χ4n) is 0.861. The molecule has 0 saturated carbocycles. The van der Waals surface area contributed by atoms with Crippen molar-refractivity contribution in [3.8, 4) is 0 Å².